The maximum absolute atomic E-state index is 11.9. The third-order valence-corrected chi connectivity index (χ3v) is 9.17. The molecule has 0 saturated carbocycles. The highest BCUT2D eigenvalue weighted by molar-refractivity contribution is 7.99. The van der Waals surface area contributed by atoms with E-state index in [0.717, 1.165) is 6.42 Å². The van der Waals surface area contributed by atoms with Gasteiger partial charge in [0, 0.05) is 12.2 Å². The van der Waals surface area contributed by atoms with Crippen molar-refractivity contribution in [3.05, 3.63) is 24.3 Å². The van der Waals surface area contributed by atoms with Gasteiger partial charge in [-0.05, 0) is 55.0 Å². The second-order valence-corrected chi connectivity index (χ2v) is 13.3. The van der Waals surface area contributed by atoms with Gasteiger partial charge in [0.05, 0.1) is 0 Å². The smallest absolute Gasteiger partial charge is 0.319 e. The molecule has 0 aromatic heterocycles. The number of anilines is 1. The van der Waals surface area contributed by atoms with Gasteiger partial charge < -0.3 is 15.7 Å². The number of phenolic OH excluding ortho intramolecular Hbond substituents is 1. The summed E-state index contributed by atoms with van der Waals surface area (Å²) in [5, 5.41) is 15.0. The minimum atomic E-state index is -0.182. The molecule has 238 valence electrons. The van der Waals surface area contributed by atoms with Crippen LogP contribution in [-0.2, 0) is 0 Å². The van der Waals surface area contributed by atoms with Gasteiger partial charge in [0.1, 0.15) is 5.75 Å². The predicted octanol–water partition coefficient (Wildman–Crippen LogP) is 12.0. The number of phenols is 1. The lowest BCUT2D eigenvalue weighted by molar-refractivity contribution is 0.252. The molecular weight excluding hydrogens is 524 g/mol. The van der Waals surface area contributed by atoms with Gasteiger partial charge in [-0.25, -0.2) is 4.79 Å². The molecule has 0 fully saturated rings. The first-order valence-corrected chi connectivity index (χ1v) is 18.8. The van der Waals surface area contributed by atoms with E-state index in [9.17, 15) is 9.90 Å². The Morgan fingerprint density at radius 3 is 1.34 bits per heavy atom. The number of thioether (sulfide) groups is 1. The summed E-state index contributed by atoms with van der Waals surface area (Å²) in [5.41, 5.74) is 0.689. The molecule has 0 bridgehead atoms. The SMILES string of the molecule is CCCCCCCCCCCCCCCCCCSCCCCCCCCCCCNC(=O)Nc1ccc(O)cc1. The van der Waals surface area contributed by atoms with Crippen LogP contribution in [-0.4, -0.2) is 29.2 Å². The monoisotopic (exact) mass is 590 g/mol. The number of amides is 2. The first kappa shape index (κ1) is 37.7. The average molecular weight is 591 g/mol. The van der Waals surface area contributed by atoms with E-state index in [1.54, 1.807) is 24.3 Å². The zero-order valence-corrected chi connectivity index (χ0v) is 27.7. The molecule has 1 aromatic carbocycles. The van der Waals surface area contributed by atoms with Crippen LogP contribution in [0.3, 0.4) is 0 Å². The standard InChI is InChI=1S/C36H66N2O2S/c1-2-3-4-5-6-7-8-9-10-11-12-13-16-19-22-25-32-41-33-26-23-20-17-14-15-18-21-24-31-37-36(40)38-34-27-29-35(39)30-28-34/h27-30,39H,2-26,31-33H2,1H3,(H2,37,38,40). The highest BCUT2D eigenvalue weighted by Crippen LogP contribution is 2.16. The minimum Gasteiger partial charge on any atom is -0.508 e. The second-order valence-electron chi connectivity index (χ2n) is 12.0. The van der Waals surface area contributed by atoms with Crippen molar-refractivity contribution >= 4 is 23.5 Å². The van der Waals surface area contributed by atoms with Crippen LogP contribution in [0.5, 0.6) is 5.75 Å². The van der Waals surface area contributed by atoms with Crippen molar-refractivity contribution < 1.29 is 9.90 Å². The summed E-state index contributed by atoms with van der Waals surface area (Å²) < 4.78 is 0. The summed E-state index contributed by atoms with van der Waals surface area (Å²) >= 11 is 2.18. The topological polar surface area (TPSA) is 61.4 Å². The van der Waals surface area contributed by atoms with Crippen LogP contribution in [0.2, 0.25) is 0 Å². The molecule has 0 aliphatic heterocycles. The van der Waals surface area contributed by atoms with Crippen molar-refractivity contribution in [3.8, 4) is 5.75 Å². The lowest BCUT2D eigenvalue weighted by atomic mass is 10.0. The molecule has 1 rings (SSSR count). The average Bonchev–Trinajstić information content (AvgIpc) is 2.97. The van der Waals surface area contributed by atoms with Gasteiger partial charge in [-0.15, -0.1) is 0 Å². The number of rotatable bonds is 30. The fourth-order valence-electron chi connectivity index (χ4n) is 5.34. The number of carbonyl (C=O) groups is 1. The van der Waals surface area contributed by atoms with Crippen molar-refractivity contribution in [2.75, 3.05) is 23.4 Å². The van der Waals surface area contributed by atoms with Crippen molar-refractivity contribution in [2.45, 2.75) is 167 Å². The molecule has 0 aliphatic carbocycles. The maximum Gasteiger partial charge on any atom is 0.319 e. The number of hydrogen-bond acceptors (Lipinski definition) is 3. The Bertz CT molecular complexity index is 683. The molecule has 0 unspecified atom stereocenters. The van der Waals surface area contributed by atoms with Crippen molar-refractivity contribution in [3.63, 3.8) is 0 Å². The number of carbonyl (C=O) groups excluding carboxylic acids is 1. The fourth-order valence-corrected chi connectivity index (χ4v) is 6.36. The molecule has 3 N–H and O–H groups in total. The lowest BCUT2D eigenvalue weighted by Gasteiger charge is -2.07. The third-order valence-electron chi connectivity index (χ3n) is 8.02. The first-order valence-electron chi connectivity index (χ1n) is 17.6. The largest absolute Gasteiger partial charge is 0.508 e. The maximum atomic E-state index is 11.9. The molecule has 4 nitrogen and oxygen atoms in total. The Hall–Kier alpha value is -1.36. The van der Waals surface area contributed by atoms with Gasteiger partial charge in [0.25, 0.3) is 0 Å². The Kier molecular flexibility index (Phi) is 27.7. The summed E-state index contributed by atoms with van der Waals surface area (Å²) in [7, 11) is 0. The van der Waals surface area contributed by atoms with E-state index in [2.05, 4.69) is 29.3 Å². The number of nitrogens with one attached hydrogen (secondary N) is 2. The Morgan fingerprint density at radius 2 is 0.927 bits per heavy atom. The van der Waals surface area contributed by atoms with E-state index in [1.165, 1.54) is 166 Å². The van der Waals surface area contributed by atoms with E-state index < -0.39 is 0 Å². The van der Waals surface area contributed by atoms with E-state index >= 15 is 0 Å². The molecule has 5 heteroatoms. The van der Waals surface area contributed by atoms with Crippen LogP contribution in [0.1, 0.15) is 167 Å². The molecule has 0 atom stereocenters. The van der Waals surface area contributed by atoms with Crippen LogP contribution in [0.4, 0.5) is 10.5 Å². The number of benzene rings is 1. The lowest BCUT2D eigenvalue weighted by Crippen LogP contribution is -2.29. The van der Waals surface area contributed by atoms with E-state index in [4.69, 9.17) is 0 Å². The van der Waals surface area contributed by atoms with Gasteiger partial charge >= 0.3 is 6.03 Å². The summed E-state index contributed by atoms with van der Waals surface area (Å²) in [5.74, 6) is 2.92. The van der Waals surface area contributed by atoms with Crippen LogP contribution < -0.4 is 10.6 Å². The van der Waals surface area contributed by atoms with Crippen LogP contribution in [0.25, 0.3) is 0 Å². The van der Waals surface area contributed by atoms with Gasteiger partial charge in [0.2, 0.25) is 0 Å². The van der Waals surface area contributed by atoms with Crippen LogP contribution in [0, 0.1) is 0 Å². The van der Waals surface area contributed by atoms with Gasteiger partial charge in [0.15, 0.2) is 0 Å². The zero-order chi connectivity index (χ0) is 29.5. The van der Waals surface area contributed by atoms with E-state index in [1.807, 2.05) is 0 Å². The molecule has 0 spiro atoms. The fraction of sp³-hybridized carbons (Fsp3) is 0.806. The normalized spacial score (nSPS) is 11.1. The number of urea groups is 1. The molecular formula is C36H66N2O2S. The summed E-state index contributed by atoms with van der Waals surface area (Å²) in [6.45, 7) is 3.01. The summed E-state index contributed by atoms with van der Waals surface area (Å²) in [4.78, 5) is 11.9. The Labute approximate surface area is 259 Å². The van der Waals surface area contributed by atoms with Gasteiger partial charge in [-0.2, -0.15) is 11.8 Å². The van der Waals surface area contributed by atoms with Crippen molar-refractivity contribution in [2.24, 2.45) is 0 Å². The van der Waals surface area contributed by atoms with Crippen LogP contribution >= 0.6 is 11.8 Å². The van der Waals surface area contributed by atoms with E-state index in [0.29, 0.717) is 12.2 Å². The molecule has 0 saturated heterocycles. The number of aromatic hydroxyl groups is 1. The molecule has 0 radical (unpaired) electrons. The van der Waals surface area contributed by atoms with Gasteiger partial charge in [-0.3, -0.25) is 0 Å². The summed E-state index contributed by atoms with van der Waals surface area (Å²) in [6, 6.07) is 6.33. The minimum absolute atomic E-state index is 0.182. The molecule has 0 heterocycles. The van der Waals surface area contributed by atoms with E-state index in [-0.39, 0.29) is 11.8 Å². The van der Waals surface area contributed by atoms with Gasteiger partial charge in [-0.1, -0.05) is 148 Å². The third kappa shape index (κ3) is 27.2. The Morgan fingerprint density at radius 1 is 0.561 bits per heavy atom. The van der Waals surface area contributed by atoms with Crippen molar-refractivity contribution in [1.29, 1.82) is 0 Å². The molecule has 1 aromatic rings. The zero-order valence-electron chi connectivity index (χ0n) is 26.9. The second kappa shape index (κ2) is 30.1. The number of hydrogen-bond donors (Lipinski definition) is 3. The number of unbranched alkanes of at least 4 members (excludes halogenated alkanes) is 23. The quantitative estimate of drug-likeness (QED) is 0.0617. The first-order chi connectivity index (χ1) is 20.2. The predicted molar refractivity (Wildman–Crippen MR) is 184 cm³/mol. The summed E-state index contributed by atoms with van der Waals surface area (Å²) in [6.07, 6.45) is 34.9. The highest BCUT2D eigenvalue weighted by atomic mass is 32.2. The van der Waals surface area contributed by atoms with Crippen LogP contribution in [0.15, 0.2) is 24.3 Å². The molecule has 41 heavy (non-hydrogen) atoms. The molecule has 0 aliphatic rings. The van der Waals surface area contributed by atoms with Crippen molar-refractivity contribution in [1.82, 2.24) is 5.32 Å². The Balaban J connectivity index is 1.67. The molecule has 2 amide bonds. The highest BCUT2D eigenvalue weighted by Gasteiger charge is 2.01.